The summed E-state index contributed by atoms with van der Waals surface area (Å²) in [6, 6.07) is 6.61. The minimum atomic E-state index is -0.454. The van der Waals surface area contributed by atoms with Gasteiger partial charge in [-0.05, 0) is 37.1 Å². The minimum absolute atomic E-state index is 0.406. The Morgan fingerprint density at radius 2 is 1.58 bits per heavy atom. The number of ketones is 1. The molecule has 0 aliphatic carbocycles. The SMILES string of the molecule is CCCN(CCC)C(=O)C(=O)c1ccc(OC)cc1. The van der Waals surface area contributed by atoms with E-state index >= 15 is 0 Å². The first-order chi connectivity index (χ1) is 9.13. The van der Waals surface area contributed by atoms with Crippen LogP contribution in [0.2, 0.25) is 0 Å². The first-order valence-corrected chi connectivity index (χ1v) is 6.61. The summed E-state index contributed by atoms with van der Waals surface area (Å²) in [5.74, 6) is -0.207. The van der Waals surface area contributed by atoms with Crippen LogP contribution in [0, 0.1) is 0 Å². The molecule has 0 radical (unpaired) electrons. The van der Waals surface area contributed by atoms with Crippen molar-refractivity contribution in [3.05, 3.63) is 29.8 Å². The maximum absolute atomic E-state index is 12.1. The molecule has 1 aromatic carbocycles. The normalized spacial score (nSPS) is 10.1. The van der Waals surface area contributed by atoms with Gasteiger partial charge in [0.05, 0.1) is 7.11 Å². The van der Waals surface area contributed by atoms with Crippen molar-refractivity contribution in [3.8, 4) is 5.75 Å². The van der Waals surface area contributed by atoms with E-state index in [0.717, 1.165) is 12.8 Å². The third kappa shape index (κ3) is 4.09. The summed E-state index contributed by atoms with van der Waals surface area (Å²) in [5, 5.41) is 0. The largest absolute Gasteiger partial charge is 0.497 e. The van der Waals surface area contributed by atoms with Crippen LogP contribution in [0.15, 0.2) is 24.3 Å². The average molecular weight is 263 g/mol. The van der Waals surface area contributed by atoms with Gasteiger partial charge >= 0.3 is 0 Å². The van der Waals surface area contributed by atoms with Gasteiger partial charge in [0.15, 0.2) is 0 Å². The van der Waals surface area contributed by atoms with Crippen molar-refractivity contribution in [2.24, 2.45) is 0 Å². The van der Waals surface area contributed by atoms with Crippen molar-refractivity contribution >= 4 is 11.7 Å². The minimum Gasteiger partial charge on any atom is -0.497 e. The molecule has 0 bridgehead atoms. The zero-order valence-corrected chi connectivity index (χ0v) is 11.8. The molecule has 1 aromatic rings. The molecule has 104 valence electrons. The average Bonchev–Trinajstić information content (AvgIpc) is 2.45. The Morgan fingerprint density at radius 1 is 1.05 bits per heavy atom. The van der Waals surface area contributed by atoms with Crippen molar-refractivity contribution in [3.63, 3.8) is 0 Å². The highest BCUT2D eigenvalue weighted by molar-refractivity contribution is 6.42. The van der Waals surface area contributed by atoms with E-state index in [1.54, 1.807) is 36.3 Å². The lowest BCUT2D eigenvalue weighted by Crippen LogP contribution is -2.37. The van der Waals surface area contributed by atoms with Crippen molar-refractivity contribution in [2.45, 2.75) is 26.7 Å². The lowest BCUT2D eigenvalue weighted by Gasteiger charge is -2.20. The molecule has 0 saturated carbocycles. The molecule has 0 aliphatic rings. The van der Waals surface area contributed by atoms with Gasteiger partial charge in [-0.2, -0.15) is 0 Å². The van der Waals surface area contributed by atoms with Crippen LogP contribution in [0.5, 0.6) is 5.75 Å². The molecule has 0 fully saturated rings. The molecule has 19 heavy (non-hydrogen) atoms. The van der Waals surface area contributed by atoms with E-state index in [4.69, 9.17) is 4.74 Å². The van der Waals surface area contributed by atoms with Crippen molar-refractivity contribution in [1.29, 1.82) is 0 Å². The summed E-state index contributed by atoms with van der Waals surface area (Å²) in [4.78, 5) is 25.8. The molecule has 4 heteroatoms. The third-order valence-electron chi connectivity index (χ3n) is 2.82. The highest BCUT2D eigenvalue weighted by Gasteiger charge is 2.21. The second kappa shape index (κ2) is 7.56. The molecular formula is C15H21NO3. The molecule has 0 N–H and O–H groups in total. The van der Waals surface area contributed by atoms with Crippen molar-refractivity contribution in [2.75, 3.05) is 20.2 Å². The number of nitrogens with zero attached hydrogens (tertiary/aromatic N) is 1. The van der Waals surface area contributed by atoms with Gasteiger partial charge < -0.3 is 9.64 Å². The van der Waals surface area contributed by atoms with Gasteiger partial charge in [-0.1, -0.05) is 13.8 Å². The van der Waals surface area contributed by atoms with Crippen LogP contribution in [0.25, 0.3) is 0 Å². The summed E-state index contributed by atoms with van der Waals surface area (Å²) in [6.07, 6.45) is 1.70. The molecule has 0 unspecified atom stereocenters. The fourth-order valence-electron chi connectivity index (χ4n) is 1.86. The Bertz CT molecular complexity index is 420. The van der Waals surface area contributed by atoms with Gasteiger partial charge in [-0.25, -0.2) is 0 Å². The number of carbonyl (C=O) groups is 2. The zero-order valence-electron chi connectivity index (χ0n) is 11.8. The molecule has 0 aliphatic heterocycles. The van der Waals surface area contributed by atoms with Crippen LogP contribution in [0.3, 0.4) is 0 Å². The van der Waals surface area contributed by atoms with Crippen molar-refractivity contribution < 1.29 is 14.3 Å². The van der Waals surface area contributed by atoms with E-state index < -0.39 is 11.7 Å². The van der Waals surface area contributed by atoms with Crippen LogP contribution in [0.1, 0.15) is 37.0 Å². The molecule has 0 atom stereocenters. The van der Waals surface area contributed by atoms with E-state index in [2.05, 4.69) is 0 Å². The molecule has 4 nitrogen and oxygen atoms in total. The number of methoxy groups -OCH3 is 1. The second-order valence-corrected chi connectivity index (χ2v) is 4.35. The summed E-state index contributed by atoms with van der Waals surface area (Å²) in [5.41, 5.74) is 0.406. The smallest absolute Gasteiger partial charge is 0.294 e. The lowest BCUT2D eigenvalue weighted by atomic mass is 10.1. The maximum atomic E-state index is 12.1. The molecule has 0 aromatic heterocycles. The predicted molar refractivity (Wildman–Crippen MR) is 74.5 cm³/mol. The van der Waals surface area contributed by atoms with E-state index in [0.29, 0.717) is 24.4 Å². The number of Topliss-reactive ketones (excluding diaryl/α,β-unsaturated/α-hetero) is 1. The lowest BCUT2D eigenvalue weighted by molar-refractivity contribution is -0.126. The Balaban J connectivity index is 2.81. The van der Waals surface area contributed by atoms with Crippen LogP contribution < -0.4 is 4.74 Å². The highest BCUT2D eigenvalue weighted by atomic mass is 16.5. The second-order valence-electron chi connectivity index (χ2n) is 4.35. The topological polar surface area (TPSA) is 46.6 Å². The van der Waals surface area contributed by atoms with Gasteiger partial charge in [0.2, 0.25) is 5.78 Å². The molecule has 1 amide bonds. The number of ether oxygens (including phenoxy) is 1. The predicted octanol–water partition coefficient (Wildman–Crippen LogP) is 2.53. The van der Waals surface area contributed by atoms with Gasteiger partial charge in [0.25, 0.3) is 5.91 Å². The van der Waals surface area contributed by atoms with Crippen LogP contribution in [-0.4, -0.2) is 36.8 Å². The summed E-state index contributed by atoms with van der Waals surface area (Å²) >= 11 is 0. The van der Waals surface area contributed by atoms with E-state index in [1.807, 2.05) is 13.8 Å². The number of carbonyl (C=O) groups excluding carboxylic acids is 2. The number of benzene rings is 1. The first kappa shape index (κ1) is 15.2. The van der Waals surface area contributed by atoms with Crippen LogP contribution >= 0.6 is 0 Å². The Labute approximate surface area is 114 Å². The fourth-order valence-corrected chi connectivity index (χ4v) is 1.86. The van der Waals surface area contributed by atoms with Gasteiger partial charge in [0, 0.05) is 18.7 Å². The monoisotopic (exact) mass is 263 g/mol. The van der Waals surface area contributed by atoms with Gasteiger partial charge in [-0.3, -0.25) is 9.59 Å². The van der Waals surface area contributed by atoms with E-state index in [1.165, 1.54) is 0 Å². The number of hydrogen-bond donors (Lipinski definition) is 0. The number of rotatable bonds is 7. The van der Waals surface area contributed by atoms with Gasteiger partial charge in [-0.15, -0.1) is 0 Å². The molecule has 1 rings (SSSR count). The highest BCUT2D eigenvalue weighted by Crippen LogP contribution is 2.12. The van der Waals surface area contributed by atoms with E-state index in [9.17, 15) is 9.59 Å². The summed E-state index contributed by atoms with van der Waals surface area (Å²) in [7, 11) is 1.56. The quantitative estimate of drug-likeness (QED) is 0.561. The summed E-state index contributed by atoms with van der Waals surface area (Å²) in [6.45, 7) is 5.23. The van der Waals surface area contributed by atoms with Gasteiger partial charge in [0.1, 0.15) is 5.75 Å². The Morgan fingerprint density at radius 3 is 2.00 bits per heavy atom. The fraction of sp³-hybridized carbons (Fsp3) is 0.467. The molecule has 0 spiro atoms. The number of amides is 1. The first-order valence-electron chi connectivity index (χ1n) is 6.61. The van der Waals surface area contributed by atoms with Crippen LogP contribution in [0.4, 0.5) is 0 Å². The number of hydrogen-bond acceptors (Lipinski definition) is 3. The standard InChI is InChI=1S/C15H21NO3/c1-4-10-16(11-5-2)15(18)14(17)12-6-8-13(19-3)9-7-12/h6-9H,4-5,10-11H2,1-3H3. The molecule has 0 saturated heterocycles. The third-order valence-corrected chi connectivity index (χ3v) is 2.82. The van der Waals surface area contributed by atoms with Crippen LogP contribution in [-0.2, 0) is 4.79 Å². The van der Waals surface area contributed by atoms with Crippen molar-refractivity contribution in [1.82, 2.24) is 4.90 Å². The zero-order chi connectivity index (χ0) is 14.3. The maximum Gasteiger partial charge on any atom is 0.294 e. The Hall–Kier alpha value is -1.84. The Kier molecular flexibility index (Phi) is 6.06. The molecular weight excluding hydrogens is 242 g/mol. The molecule has 0 heterocycles. The summed E-state index contributed by atoms with van der Waals surface area (Å²) < 4.78 is 5.03. The van der Waals surface area contributed by atoms with E-state index in [-0.39, 0.29) is 0 Å².